The number of rotatable bonds is 3. The number of hydrogen-bond donors (Lipinski definition) is 0. The normalized spacial score (nSPS) is 17.2. The lowest BCUT2D eigenvalue weighted by atomic mass is 9.83. The van der Waals surface area contributed by atoms with Crippen LogP contribution in [0.4, 0.5) is 5.88 Å². The van der Waals surface area contributed by atoms with Gasteiger partial charge in [-0.2, -0.15) is 0 Å². The van der Waals surface area contributed by atoms with Crippen LogP contribution in [0.5, 0.6) is 0 Å². The quantitative estimate of drug-likeness (QED) is 0.196. The second-order valence-electron chi connectivity index (χ2n) is 12.2. The molecule has 210 valence electrons. The summed E-state index contributed by atoms with van der Waals surface area (Å²) >= 11 is 0. The molecule has 5 aromatic carbocycles. The number of benzene rings is 5. The van der Waals surface area contributed by atoms with Crippen molar-refractivity contribution in [1.82, 2.24) is 0 Å². The molecule has 0 spiro atoms. The lowest BCUT2D eigenvalue weighted by molar-refractivity contribution is 0.610. The van der Waals surface area contributed by atoms with Crippen molar-refractivity contribution in [3.05, 3.63) is 144 Å². The molecule has 9 rings (SSSR count). The van der Waals surface area contributed by atoms with Crippen molar-refractivity contribution in [1.29, 1.82) is 0 Å². The molecule has 1 unspecified atom stereocenters. The van der Waals surface area contributed by atoms with Crippen LogP contribution in [0, 0.1) is 12.8 Å². The summed E-state index contributed by atoms with van der Waals surface area (Å²) in [6.45, 7) is 2.19. The van der Waals surface area contributed by atoms with E-state index >= 15 is 0 Å². The maximum atomic E-state index is 6.48. The molecule has 0 saturated heterocycles. The third-order valence-corrected chi connectivity index (χ3v) is 9.67. The van der Waals surface area contributed by atoms with E-state index in [1.54, 1.807) is 0 Å². The van der Waals surface area contributed by atoms with Crippen LogP contribution in [-0.2, 0) is 6.42 Å². The highest BCUT2D eigenvalue weighted by molar-refractivity contribution is 6.19. The molecule has 2 nitrogen and oxygen atoms in total. The molecule has 0 bridgehead atoms. The molecule has 0 N–H and O–H groups in total. The SMILES string of the molecule is Cc1c(-c2cccc(-c3c4ccccc4c(C4=CC=CCC4)c4ccccc34)c2)ccc2c3c(oc12)N=C1C=CC=CC1C3. The molecular weight excluding hydrogens is 534 g/mol. The predicted octanol–water partition coefficient (Wildman–Crippen LogP) is 11.5. The first kappa shape index (κ1) is 25.3. The van der Waals surface area contributed by atoms with Gasteiger partial charge in [-0.05, 0) is 93.3 Å². The third-order valence-electron chi connectivity index (χ3n) is 9.67. The first-order valence-electron chi connectivity index (χ1n) is 15.6. The number of furan rings is 1. The second-order valence-corrected chi connectivity index (χ2v) is 12.2. The van der Waals surface area contributed by atoms with Crippen LogP contribution >= 0.6 is 0 Å². The van der Waals surface area contributed by atoms with Crippen molar-refractivity contribution in [2.45, 2.75) is 26.2 Å². The summed E-state index contributed by atoms with van der Waals surface area (Å²) in [6.07, 6.45) is 18.4. The number of nitrogens with zero attached hydrogens (tertiary/aromatic N) is 1. The zero-order valence-electron chi connectivity index (χ0n) is 24.7. The minimum atomic E-state index is 0.326. The van der Waals surface area contributed by atoms with Gasteiger partial charge < -0.3 is 4.42 Å². The van der Waals surface area contributed by atoms with Gasteiger partial charge >= 0.3 is 0 Å². The van der Waals surface area contributed by atoms with E-state index in [-0.39, 0.29) is 0 Å². The van der Waals surface area contributed by atoms with Gasteiger partial charge in [0.1, 0.15) is 5.58 Å². The average Bonchev–Trinajstić information content (AvgIpc) is 3.45. The Morgan fingerprint density at radius 2 is 1.48 bits per heavy atom. The molecule has 1 atom stereocenters. The monoisotopic (exact) mass is 565 g/mol. The van der Waals surface area contributed by atoms with E-state index in [1.807, 2.05) is 0 Å². The van der Waals surface area contributed by atoms with Gasteiger partial charge in [0, 0.05) is 22.4 Å². The summed E-state index contributed by atoms with van der Waals surface area (Å²) < 4.78 is 6.48. The Labute approximate surface area is 257 Å². The van der Waals surface area contributed by atoms with E-state index < -0.39 is 0 Å². The third kappa shape index (κ3) is 3.84. The molecule has 0 saturated carbocycles. The van der Waals surface area contributed by atoms with Crippen LogP contribution in [-0.4, -0.2) is 5.71 Å². The molecule has 2 heterocycles. The van der Waals surface area contributed by atoms with Crippen molar-refractivity contribution in [2.24, 2.45) is 10.9 Å². The fourth-order valence-electron chi connectivity index (χ4n) is 7.58. The lowest BCUT2D eigenvalue weighted by Crippen LogP contribution is -2.17. The van der Waals surface area contributed by atoms with Crippen molar-refractivity contribution >= 4 is 49.7 Å². The standard InChI is InChI=1S/C42H31NO/c1-26-31(22-23-36-37-25-29-14-5-10-21-38(29)43-42(37)44-41(26)36)28-15-11-16-30(24-28)40-34-19-8-6-17-32(34)39(27-12-3-2-4-13-27)33-18-7-9-20-35(33)40/h2-3,5-12,14-24,29H,4,13,25H2,1H3. The number of allylic oxidation sites excluding steroid dienone is 8. The predicted molar refractivity (Wildman–Crippen MR) is 186 cm³/mol. The van der Waals surface area contributed by atoms with Gasteiger partial charge in [-0.3, -0.25) is 0 Å². The highest BCUT2D eigenvalue weighted by Gasteiger charge is 2.27. The largest absolute Gasteiger partial charge is 0.438 e. The molecule has 3 aliphatic rings. The Morgan fingerprint density at radius 1 is 0.727 bits per heavy atom. The minimum absolute atomic E-state index is 0.326. The summed E-state index contributed by atoms with van der Waals surface area (Å²) in [5.41, 5.74) is 12.1. The maximum Gasteiger partial charge on any atom is 0.223 e. The fourth-order valence-corrected chi connectivity index (χ4v) is 7.58. The Morgan fingerprint density at radius 3 is 2.23 bits per heavy atom. The van der Waals surface area contributed by atoms with E-state index in [2.05, 4.69) is 134 Å². The number of aliphatic imine (C=N–C) groups is 1. The molecule has 1 aromatic heterocycles. The van der Waals surface area contributed by atoms with E-state index in [1.165, 1.54) is 65.9 Å². The van der Waals surface area contributed by atoms with Crippen molar-refractivity contribution in [3.63, 3.8) is 0 Å². The summed E-state index contributed by atoms with van der Waals surface area (Å²) in [7, 11) is 0. The molecular formula is C42H31NO. The maximum absolute atomic E-state index is 6.48. The summed E-state index contributed by atoms with van der Waals surface area (Å²) in [5, 5.41) is 6.41. The van der Waals surface area contributed by atoms with Crippen molar-refractivity contribution in [3.8, 4) is 22.3 Å². The van der Waals surface area contributed by atoms with Gasteiger partial charge in [-0.1, -0.05) is 115 Å². The Hall–Kier alpha value is -5.21. The average molecular weight is 566 g/mol. The molecule has 0 fully saturated rings. The Kier molecular flexibility index (Phi) is 5.71. The van der Waals surface area contributed by atoms with Crippen LogP contribution in [0.2, 0.25) is 0 Å². The molecule has 6 aromatic rings. The molecule has 44 heavy (non-hydrogen) atoms. The van der Waals surface area contributed by atoms with Crippen LogP contribution in [0.3, 0.4) is 0 Å². The van der Waals surface area contributed by atoms with E-state index in [4.69, 9.17) is 9.41 Å². The Bertz CT molecular complexity index is 2260. The lowest BCUT2D eigenvalue weighted by Gasteiger charge is -2.20. The van der Waals surface area contributed by atoms with E-state index in [0.717, 1.165) is 42.0 Å². The molecule has 1 aliphatic heterocycles. The van der Waals surface area contributed by atoms with E-state index in [9.17, 15) is 0 Å². The zero-order valence-corrected chi connectivity index (χ0v) is 24.7. The summed E-state index contributed by atoms with van der Waals surface area (Å²) in [5.74, 6) is 1.09. The van der Waals surface area contributed by atoms with Crippen LogP contribution in [0.15, 0.2) is 137 Å². The van der Waals surface area contributed by atoms with Gasteiger partial charge in [-0.25, -0.2) is 4.99 Å². The molecule has 0 radical (unpaired) electrons. The number of fused-ring (bicyclic) bond motifs is 6. The highest BCUT2D eigenvalue weighted by atomic mass is 16.3. The first-order chi connectivity index (χ1) is 21.7. The van der Waals surface area contributed by atoms with Crippen LogP contribution in [0.1, 0.15) is 29.5 Å². The van der Waals surface area contributed by atoms with Gasteiger partial charge in [0.15, 0.2) is 0 Å². The summed E-state index contributed by atoms with van der Waals surface area (Å²) in [6, 6.07) is 31.4. The van der Waals surface area contributed by atoms with Crippen molar-refractivity contribution < 1.29 is 4.42 Å². The highest BCUT2D eigenvalue weighted by Crippen LogP contribution is 2.45. The second kappa shape index (κ2) is 9.92. The first-order valence-corrected chi connectivity index (χ1v) is 15.6. The van der Waals surface area contributed by atoms with Crippen LogP contribution < -0.4 is 0 Å². The minimum Gasteiger partial charge on any atom is -0.438 e. The molecule has 2 heteroatoms. The Balaban J connectivity index is 1.22. The molecule has 0 amide bonds. The van der Waals surface area contributed by atoms with Gasteiger partial charge in [0.25, 0.3) is 0 Å². The van der Waals surface area contributed by atoms with Gasteiger partial charge in [0.2, 0.25) is 5.88 Å². The van der Waals surface area contributed by atoms with Gasteiger partial charge in [-0.15, -0.1) is 0 Å². The van der Waals surface area contributed by atoms with Crippen LogP contribution in [0.25, 0.3) is 60.3 Å². The van der Waals surface area contributed by atoms with Crippen molar-refractivity contribution in [2.75, 3.05) is 0 Å². The van der Waals surface area contributed by atoms with E-state index in [0.29, 0.717) is 5.92 Å². The zero-order chi connectivity index (χ0) is 29.2. The van der Waals surface area contributed by atoms with Gasteiger partial charge in [0.05, 0.1) is 5.71 Å². The molecule has 2 aliphatic carbocycles. The number of hydrogen-bond acceptors (Lipinski definition) is 2. The number of aryl methyl sites for hydroxylation is 1. The smallest absolute Gasteiger partial charge is 0.223 e. The topological polar surface area (TPSA) is 25.5 Å². The summed E-state index contributed by atoms with van der Waals surface area (Å²) in [4.78, 5) is 4.90. The fraction of sp³-hybridized carbons (Fsp3) is 0.119.